The van der Waals surface area contributed by atoms with Gasteiger partial charge in [0, 0.05) is 71.6 Å². The van der Waals surface area contributed by atoms with Crippen LogP contribution in [0.1, 0.15) is 17.3 Å². The molecule has 186 valence electrons. The maximum Gasteiger partial charge on any atom is 0.255 e. The molecule has 1 aromatic heterocycles. The van der Waals surface area contributed by atoms with Gasteiger partial charge in [-0.05, 0) is 80.4 Å². The van der Waals surface area contributed by atoms with Crippen molar-refractivity contribution < 1.29 is 4.79 Å². The third-order valence-electron chi connectivity index (χ3n) is 5.72. The van der Waals surface area contributed by atoms with Crippen LogP contribution in [0.25, 0.3) is 10.9 Å². The van der Waals surface area contributed by atoms with E-state index in [4.69, 9.17) is 0 Å². The number of pyridine rings is 1. The summed E-state index contributed by atoms with van der Waals surface area (Å²) in [6.45, 7) is 5.38. The van der Waals surface area contributed by atoms with Crippen molar-refractivity contribution in [2.75, 3.05) is 34.9 Å². The fraction of sp³-hybridized carbons (Fsp3) is 0.100. The van der Waals surface area contributed by atoms with E-state index in [0.29, 0.717) is 11.3 Å². The van der Waals surface area contributed by atoms with E-state index in [1.807, 2.05) is 93.8 Å². The predicted molar refractivity (Wildman–Crippen MR) is 156 cm³/mol. The van der Waals surface area contributed by atoms with Crippen LogP contribution >= 0.6 is 0 Å². The zero-order chi connectivity index (χ0) is 26.2. The molecule has 37 heavy (non-hydrogen) atoms. The lowest BCUT2D eigenvalue weighted by molar-refractivity contribution is 0.102. The number of allylic oxidation sites excluding steroid dienone is 2. The first-order valence-electron chi connectivity index (χ1n) is 11.9. The SMILES string of the molecule is C=N/C=C\C(=C/C)Nc1cccc(NC(=O)c2cccc(Nc3ccnc4ccc(N(C)C)cc34)c2)c1. The molecule has 3 N–H and O–H groups in total. The van der Waals surface area contributed by atoms with Crippen LogP contribution in [0.2, 0.25) is 0 Å². The summed E-state index contributed by atoms with van der Waals surface area (Å²) in [4.78, 5) is 23.3. The number of rotatable bonds is 9. The van der Waals surface area contributed by atoms with E-state index in [0.717, 1.165) is 39.3 Å². The lowest BCUT2D eigenvalue weighted by atomic mass is 10.1. The van der Waals surface area contributed by atoms with Crippen LogP contribution < -0.4 is 20.9 Å². The summed E-state index contributed by atoms with van der Waals surface area (Å²) in [7, 11) is 4.02. The molecular formula is C30H30N6O. The van der Waals surface area contributed by atoms with Gasteiger partial charge >= 0.3 is 0 Å². The molecule has 0 aliphatic rings. The van der Waals surface area contributed by atoms with Crippen molar-refractivity contribution in [3.05, 3.63) is 109 Å². The lowest BCUT2D eigenvalue weighted by Crippen LogP contribution is -2.12. The smallest absolute Gasteiger partial charge is 0.255 e. The summed E-state index contributed by atoms with van der Waals surface area (Å²) in [6, 6.07) is 23.1. The normalized spacial score (nSPS) is 11.4. The molecule has 0 aliphatic heterocycles. The molecule has 1 heterocycles. The van der Waals surface area contributed by atoms with E-state index in [-0.39, 0.29) is 5.91 Å². The van der Waals surface area contributed by atoms with Gasteiger partial charge in [-0.2, -0.15) is 0 Å². The molecule has 0 atom stereocenters. The molecule has 0 bridgehead atoms. The molecule has 0 spiro atoms. The summed E-state index contributed by atoms with van der Waals surface area (Å²) < 4.78 is 0. The van der Waals surface area contributed by atoms with E-state index in [1.165, 1.54) is 0 Å². The highest BCUT2D eigenvalue weighted by atomic mass is 16.1. The number of anilines is 5. The van der Waals surface area contributed by atoms with Gasteiger partial charge in [-0.1, -0.05) is 18.2 Å². The molecule has 0 fully saturated rings. The summed E-state index contributed by atoms with van der Waals surface area (Å²) in [5.74, 6) is -0.197. The van der Waals surface area contributed by atoms with Crippen molar-refractivity contribution in [2.45, 2.75) is 6.92 Å². The average Bonchev–Trinajstić information content (AvgIpc) is 2.91. The number of nitrogens with one attached hydrogen (secondary N) is 3. The molecule has 0 unspecified atom stereocenters. The van der Waals surface area contributed by atoms with Crippen LogP contribution in [-0.2, 0) is 0 Å². The molecular weight excluding hydrogens is 460 g/mol. The molecule has 1 amide bonds. The first-order valence-corrected chi connectivity index (χ1v) is 11.9. The van der Waals surface area contributed by atoms with Crippen molar-refractivity contribution in [1.29, 1.82) is 0 Å². The van der Waals surface area contributed by atoms with Crippen LogP contribution in [-0.4, -0.2) is 31.7 Å². The second-order valence-corrected chi connectivity index (χ2v) is 8.56. The highest BCUT2D eigenvalue weighted by Gasteiger charge is 2.10. The van der Waals surface area contributed by atoms with Crippen LogP contribution in [0.4, 0.5) is 28.4 Å². The Morgan fingerprint density at radius 2 is 1.70 bits per heavy atom. The Hall–Kier alpha value is -4.91. The van der Waals surface area contributed by atoms with E-state index in [9.17, 15) is 4.79 Å². The highest BCUT2D eigenvalue weighted by molar-refractivity contribution is 6.05. The summed E-state index contributed by atoms with van der Waals surface area (Å²) in [5.41, 5.74) is 6.67. The molecule has 4 aromatic rings. The second-order valence-electron chi connectivity index (χ2n) is 8.56. The minimum atomic E-state index is -0.197. The number of fused-ring (bicyclic) bond motifs is 1. The monoisotopic (exact) mass is 490 g/mol. The van der Waals surface area contributed by atoms with Gasteiger partial charge in [0.2, 0.25) is 0 Å². The highest BCUT2D eigenvalue weighted by Crippen LogP contribution is 2.29. The van der Waals surface area contributed by atoms with Gasteiger partial charge < -0.3 is 20.9 Å². The average molecular weight is 491 g/mol. The zero-order valence-corrected chi connectivity index (χ0v) is 21.2. The number of carbonyl (C=O) groups is 1. The van der Waals surface area contributed by atoms with E-state index in [2.05, 4.69) is 43.6 Å². The fourth-order valence-electron chi connectivity index (χ4n) is 3.80. The Kier molecular flexibility index (Phi) is 7.95. The Morgan fingerprint density at radius 1 is 0.946 bits per heavy atom. The number of nitrogens with zero attached hydrogens (tertiary/aromatic N) is 3. The Balaban J connectivity index is 1.51. The van der Waals surface area contributed by atoms with E-state index < -0.39 is 0 Å². The summed E-state index contributed by atoms with van der Waals surface area (Å²) >= 11 is 0. The van der Waals surface area contributed by atoms with Crippen LogP contribution in [0.3, 0.4) is 0 Å². The lowest BCUT2D eigenvalue weighted by Gasteiger charge is -2.15. The zero-order valence-electron chi connectivity index (χ0n) is 21.2. The number of carbonyl (C=O) groups excluding carboxylic acids is 1. The van der Waals surface area contributed by atoms with Gasteiger partial charge in [-0.25, -0.2) is 0 Å². The maximum absolute atomic E-state index is 13.1. The number of aromatic nitrogens is 1. The molecule has 0 aliphatic carbocycles. The number of benzene rings is 3. The minimum absolute atomic E-state index is 0.197. The van der Waals surface area contributed by atoms with Crippen molar-refractivity contribution in [1.82, 2.24) is 4.98 Å². The van der Waals surface area contributed by atoms with Gasteiger partial charge in [0.05, 0.1) is 5.52 Å². The minimum Gasteiger partial charge on any atom is -0.378 e. The number of amides is 1. The van der Waals surface area contributed by atoms with E-state index >= 15 is 0 Å². The van der Waals surface area contributed by atoms with Crippen molar-refractivity contribution in [3.63, 3.8) is 0 Å². The van der Waals surface area contributed by atoms with Crippen molar-refractivity contribution in [3.8, 4) is 0 Å². The summed E-state index contributed by atoms with van der Waals surface area (Å²) in [6.07, 6.45) is 7.15. The Morgan fingerprint density at radius 3 is 2.46 bits per heavy atom. The first-order chi connectivity index (χ1) is 18.0. The Labute approximate surface area is 217 Å². The third kappa shape index (κ3) is 6.41. The van der Waals surface area contributed by atoms with Crippen LogP contribution in [0, 0.1) is 0 Å². The van der Waals surface area contributed by atoms with Crippen LogP contribution in [0.5, 0.6) is 0 Å². The van der Waals surface area contributed by atoms with Crippen molar-refractivity contribution in [2.24, 2.45) is 4.99 Å². The molecule has 7 heteroatoms. The molecule has 0 saturated heterocycles. The third-order valence-corrected chi connectivity index (χ3v) is 5.72. The quantitative estimate of drug-likeness (QED) is 0.177. The molecule has 7 nitrogen and oxygen atoms in total. The topological polar surface area (TPSA) is 81.6 Å². The fourth-order valence-corrected chi connectivity index (χ4v) is 3.80. The number of aliphatic imine (C=N–C) groups is 1. The van der Waals surface area contributed by atoms with Gasteiger partial charge in [0.1, 0.15) is 0 Å². The maximum atomic E-state index is 13.1. The molecule has 4 rings (SSSR count). The van der Waals surface area contributed by atoms with Gasteiger partial charge in [0.15, 0.2) is 0 Å². The summed E-state index contributed by atoms with van der Waals surface area (Å²) in [5, 5.41) is 10.7. The largest absolute Gasteiger partial charge is 0.378 e. The molecule has 3 aromatic carbocycles. The Bertz CT molecular complexity index is 1490. The first kappa shape index (κ1) is 25.2. The molecule has 0 radical (unpaired) electrons. The predicted octanol–water partition coefficient (Wildman–Crippen LogP) is 6.83. The number of hydrogen-bond donors (Lipinski definition) is 3. The number of hydrogen-bond acceptors (Lipinski definition) is 6. The standard InChI is InChI=1S/C30H30N6O/c1-5-22(14-16-31-2)33-24-10-7-11-25(19-24)35-30(37)21-8-6-9-23(18-21)34-29-15-17-32-28-13-12-26(36(3)4)20-27(28)29/h5-20,33H,2H2,1,3-4H3,(H,32,34)(H,35,37)/b16-14-,22-5+. The molecule has 0 saturated carbocycles. The van der Waals surface area contributed by atoms with E-state index in [1.54, 1.807) is 18.5 Å². The van der Waals surface area contributed by atoms with Crippen LogP contribution in [0.15, 0.2) is 108 Å². The van der Waals surface area contributed by atoms with Gasteiger partial charge in [0.25, 0.3) is 5.91 Å². The van der Waals surface area contributed by atoms with Gasteiger partial charge in [-0.3, -0.25) is 14.8 Å². The van der Waals surface area contributed by atoms with Gasteiger partial charge in [-0.15, -0.1) is 0 Å². The second kappa shape index (κ2) is 11.7. The van der Waals surface area contributed by atoms with Crippen molar-refractivity contribution >= 4 is 52.0 Å².